The van der Waals surface area contributed by atoms with E-state index in [2.05, 4.69) is 88.7 Å². The molecular weight excluding hydrogens is 750 g/mol. The monoisotopic (exact) mass is 800 g/mol. The van der Waals surface area contributed by atoms with Gasteiger partial charge in [0.2, 0.25) is 13.4 Å². The summed E-state index contributed by atoms with van der Waals surface area (Å²) in [5.41, 5.74) is 28.5. The van der Waals surface area contributed by atoms with E-state index in [0.29, 0.717) is 5.92 Å². The van der Waals surface area contributed by atoms with Crippen LogP contribution in [0.25, 0.3) is 10.8 Å². The lowest BCUT2D eigenvalue weighted by Crippen LogP contribution is -2.73. The van der Waals surface area contributed by atoms with Crippen LogP contribution in [0.15, 0.2) is 78.9 Å². The third kappa shape index (κ3) is 3.34. The summed E-state index contributed by atoms with van der Waals surface area (Å²) in [7, 11) is 0. The lowest BCUT2D eigenvalue weighted by atomic mass is 9.24. The van der Waals surface area contributed by atoms with E-state index in [1.165, 1.54) is 176 Å². The number of benzene rings is 6. The van der Waals surface area contributed by atoms with Gasteiger partial charge in [-0.15, -0.1) is 0 Å². The molecule has 0 aromatic heterocycles. The zero-order valence-electron chi connectivity index (χ0n) is 35.8. The van der Waals surface area contributed by atoms with Crippen molar-refractivity contribution >= 4 is 85.8 Å². The Balaban J connectivity index is 1.08. The number of nitrogens with zero attached hydrogens (tertiary/aromatic N) is 2. The summed E-state index contributed by atoms with van der Waals surface area (Å²) in [6.07, 6.45) is 22.4. The van der Waals surface area contributed by atoms with Crippen LogP contribution in [0.4, 0.5) is 27.5 Å². The molecule has 7 aliphatic heterocycles. The first-order valence-electron chi connectivity index (χ1n) is 25.0. The van der Waals surface area contributed by atoms with Crippen LogP contribution in [0.5, 0.6) is 0 Å². The van der Waals surface area contributed by atoms with Gasteiger partial charge in [-0.1, -0.05) is 135 Å². The van der Waals surface area contributed by atoms with Crippen LogP contribution in [-0.2, 0) is 22.7 Å². The van der Waals surface area contributed by atoms with Gasteiger partial charge in [-0.05, 0) is 147 Å². The molecule has 17 rings (SSSR count). The topological polar surface area (TPSA) is 23.6 Å². The third-order valence-corrected chi connectivity index (χ3v) is 20.1. The predicted molar refractivity (Wildman–Crippen MR) is 255 cm³/mol. The van der Waals surface area contributed by atoms with E-state index in [4.69, 9.17) is 0 Å². The van der Waals surface area contributed by atoms with Gasteiger partial charge in [0.05, 0.1) is 11.4 Å². The van der Waals surface area contributed by atoms with Crippen molar-refractivity contribution in [3.8, 4) is 0 Å². The minimum Gasteiger partial charge on any atom is -0.263 e. The minimum absolute atomic E-state index is 0.00562. The van der Waals surface area contributed by atoms with Gasteiger partial charge >= 0.3 is 6.03 Å². The molecule has 2 amide bonds. The Morgan fingerprint density at radius 3 is 1.56 bits per heavy atom. The second-order valence-electron chi connectivity index (χ2n) is 22.0. The smallest absolute Gasteiger partial charge is 0.263 e. The van der Waals surface area contributed by atoms with Crippen molar-refractivity contribution < 1.29 is 4.79 Å². The molecule has 3 spiro atoms. The van der Waals surface area contributed by atoms with Crippen molar-refractivity contribution in [2.45, 2.75) is 138 Å². The van der Waals surface area contributed by atoms with Crippen molar-refractivity contribution in [2.75, 3.05) is 9.80 Å². The average Bonchev–Trinajstić information content (AvgIpc) is 3.33. The van der Waals surface area contributed by atoms with Gasteiger partial charge in [-0.3, -0.25) is 9.80 Å². The maximum Gasteiger partial charge on any atom is 0.338 e. The lowest BCUT2D eigenvalue weighted by Gasteiger charge is -2.58. The number of aryl methyl sites for hydroxylation is 1. The molecule has 3 fully saturated rings. The highest BCUT2D eigenvalue weighted by atomic mass is 16.2. The standard InChI is InChI=1S/C57H50B2N2O/c62-54-60-43-24-14-22-40-49(43)59-47-37(56(40)27-6-2-7-28-56)19-12-20-38(47)57(29-8-3-9-30-57)41-31-35-33-16-10-15-32-34-17-11-18-36-46(34)58-48-39(55(36)25-4-1-5-26-55)21-13-23-42(48)61(54)53(51(58)44(32)33)45(35)52(60)50(41)59/h11-14,17-24,31-32H,1-10,15-16,25-30H2. The summed E-state index contributed by atoms with van der Waals surface area (Å²) >= 11 is 0. The molecule has 300 valence electrons. The molecule has 4 aliphatic carbocycles. The van der Waals surface area contributed by atoms with E-state index in [1.54, 1.807) is 49.9 Å². The van der Waals surface area contributed by atoms with Crippen LogP contribution < -0.4 is 42.6 Å². The summed E-state index contributed by atoms with van der Waals surface area (Å²) in [6.45, 7) is 0.349. The molecular formula is C57H50B2N2O. The molecule has 5 heteroatoms. The molecule has 3 nitrogen and oxygen atoms in total. The van der Waals surface area contributed by atoms with Crippen LogP contribution in [0.1, 0.15) is 165 Å². The zero-order valence-corrected chi connectivity index (χ0v) is 35.8. The van der Waals surface area contributed by atoms with Gasteiger partial charge in [0.1, 0.15) is 0 Å². The van der Waals surface area contributed by atoms with Gasteiger partial charge in [0, 0.05) is 38.9 Å². The van der Waals surface area contributed by atoms with E-state index in [0.717, 1.165) is 6.42 Å². The van der Waals surface area contributed by atoms with Crippen molar-refractivity contribution in [1.82, 2.24) is 0 Å². The van der Waals surface area contributed by atoms with Crippen LogP contribution in [0.3, 0.4) is 0 Å². The molecule has 0 bridgehead atoms. The lowest BCUT2D eigenvalue weighted by molar-refractivity contribution is 0.255. The summed E-state index contributed by atoms with van der Waals surface area (Å²) in [4.78, 5) is 21.4. The number of carbonyl (C=O) groups excluding carboxylic acids is 1. The van der Waals surface area contributed by atoms with Crippen LogP contribution in [0, 0.1) is 0 Å². The fourth-order valence-corrected chi connectivity index (χ4v) is 18.2. The van der Waals surface area contributed by atoms with E-state index < -0.39 is 0 Å². The molecule has 0 saturated heterocycles. The average molecular weight is 801 g/mol. The van der Waals surface area contributed by atoms with Crippen molar-refractivity contribution in [3.63, 3.8) is 0 Å². The second-order valence-corrected chi connectivity index (χ2v) is 22.0. The fourth-order valence-electron chi connectivity index (χ4n) is 18.2. The molecule has 7 heterocycles. The van der Waals surface area contributed by atoms with Crippen LogP contribution in [0.2, 0.25) is 0 Å². The maximum atomic E-state index is 16.7. The summed E-state index contributed by atoms with van der Waals surface area (Å²) in [5.74, 6) is 0.385. The van der Waals surface area contributed by atoms with E-state index >= 15 is 4.79 Å². The normalized spacial score (nSPS) is 24.1. The highest BCUT2D eigenvalue weighted by molar-refractivity contribution is 7.02. The maximum absolute atomic E-state index is 16.7. The zero-order chi connectivity index (χ0) is 40.0. The summed E-state index contributed by atoms with van der Waals surface area (Å²) in [6, 6.07) is 32.5. The van der Waals surface area contributed by atoms with Gasteiger partial charge in [0.15, 0.2) is 0 Å². The highest BCUT2D eigenvalue weighted by Gasteiger charge is 2.62. The Hall–Kier alpha value is -5.02. The Kier molecular flexibility index (Phi) is 5.86. The van der Waals surface area contributed by atoms with Gasteiger partial charge in [-0.25, -0.2) is 4.79 Å². The predicted octanol–water partition coefficient (Wildman–Crippen LogP) is 9.38. The molecule has 1 atom stereocenters. The molecule has 0 radical (unpaired) electrons. The second kappa shape index (κ2) is 10.8. The first-order valence-corrected chi connectivity index (χ1v) is 25.0. The molecule has 6 aromatic carbocycles. The van der Waals surface area contributed by atoms with Crippen molar-refractivity contribution in [2.24, 2.45) is 0 Å². The van der Waals surface area contributed by atoms with Crippen molar-refractivity contribution in [1.29, 1.82) is 0 Å². The minimum atomic E-state index is -0.0276. The Bertz CT molecular complexity index is 3180. The van der Waals surface area contributed by atoms with Crippen LogP contribution >= 0.6 is 0 Å². The van der Waals surface area contributed by atoms with Gasteiger partial charge < -0.3 is 0 Å². The number of fused-ring (bicyclic) bond motifs is 10. The Labute approximate surface area is 365 Å². The number of amides is 2. The summed E-state index contributed by atoms with van der Waals surface area (Å²) < 4.78 is 0. The molecule has 0 N–H and O–H groups in total. The molecule has 3 saturated carbocycles. The summed E-state index contributed by atoms with van der Waals surface area (Å²) in [5, 5.41) is 2.87. The Morgan fingerprint density at radius 1 is 0.484 bits per heavy atom. The van der Waals surface area contributed by atoms with E-state index in [9.17, 15) is 0 Å². The number of carbonyl (C=O) groups is 1. The molecule has 62 heavy (non-hydrogen) atoms. The van der Waals surface area contributed by atoms with Gasteiger partial charge in [0.25, 0.3) is 0 Å². The highest BCUT2D eigenvalue weighted by Crippen LogP contribution is 2.60. The third-order valence-electron chi connectivity index (χ3n) is 20.1. The van der Waals surface area contributed by atoms with E-state index in [-0.39, 0.29) is 35.7 Å². The van der Waals surface area contributed by atoms with Crippen LogP contribution in [-0.4, -0.2) is 19.5 Å². The van der Waals surface area contributed by atoms with Gasteiger partial charge in [-0.2, -0.15) is 0 Å². The van der Waals surface area contributed by atoms with E-state index in [1.807, 2.05) is 0 Å². The number of urea groups is 1. The Morgan fingerprint density at radius 2 is 0.968 bits per heavy atom. The number of anilines is 4. The molecule has 11 aliphatic rings. The quantitative estimate of drug-likeness (QED) is 0.141. The first kappa shape index (κ1) is 33.5. The largest absolute Gasteiger partial charge is 0.338 e. The van der Waals surface area contributed by atoms with Crippen molar-refractivity contribution in [3.05, 3.63) is 129 Å². The fraction of sp³-hybridized carbons (Fsp3) is 0.386. The first-order chi connectivity index (χ1) is 30.7. The SMILES string of the molecule is O=C1N2c3cccc4c3B3c5c(cccc5C5(CCCCC5)c5cc6c7c8c9c(c6c2c53)N1c1cccc2c1B9c1c(cccc1C21CCCCC1)C8CCC7)C41CCCCC1. The molecule has 1 unspecified atom stereocenters. The number of rotatable bonds is 0. The number of hydrogen-bond acceptors (Lipinski definition) is 1. The molecule has 6 aromatic rings. The number of hydrogen-bond donors (Lipinski definition) is 0.